The molecule has 3 heterocycles. The largest absolute Gasteiger partial charge is 0.367 e. The van der Waals surface area contributed by atoms with Crippen LogP contribution in [0, 0.1) is 0 Å². The fourth-order valence-corrected chi connectivity index (χ4v) is 3.77. The van der Waals surface area contributed by atoms with Gasteiger partial charge in [0.1, 0.15) is 6.10 Å². The number of ether oxygens (including phenoxy) is 1. The molecule has 1 aromatic rings. The Morgan fingerprint density at radius 1 is 1.52 bits per heavy atom. The molecule has 2 aliphatic heterocycles. The van der Waals surface area contributed by atoms with E-state index in [4.69, 9.17) is 4.74 Å². The molecule has 0 bridgehead atoms. The van der Waals surface area contributed by atoms with Gasteiger partial charge in [0.2, 0.25) is 5.91 Å². The summed E-state index contributed by atoms with van der Waals surface area (Å²) >= 11 is 1.68. The smallest absolute Gasteiger partial charge is 0.224 e. The number of amides is 1. The van der Waals surface area contributed by atoms with Crippen molar-refractivity contribution in [2.75, 3.05) is 19.6 Å². The minimum atomic E-state index is 0. The van der Waals surface area contributed by atoms with Crippen LogP contribution >= 0.6 is 23.7 Å². The molecule has 4 nitrogen and oxygen atoms in total. The minimum absolute atomic E-state index is 0. The Hall–Kier alpha value is -0.620. The van der Waals surface area contributed by atoms with Gasteiger partial charge in [-0.2, -0.15) is 11.3 Å². The zero-order valence-electron chi connectivity index (χ0n) is 12.3. The van der Waals surface area contributed by atoms with E-state index in [-0.39, 0.29) is 30.5 Å². The molecular formula is C15H23ClN2O2S. The summed E-state index contributed by atoms with van der Waals surface area (Å²) in [5.74, 6) is 0.264. The van der Waals surface area contributed by atoms with Crippen LogP contribution in [0.5, 0.6) is 0 Å². The van der Waals surface area contributed by atoms with Gasteiger partial charge in [0.15, 0.2) is 0 Å². The van der Waals surface area contributed by atoms with E-state index in [2.05, 4.69) is 22.1 Å². The number of nitrogens with zero attached hydrogens (tertiary/aromatic N) is 1. The number of nitrogens with one attached hydrogen (secondary N) is 1. The Bertz CT molecular complexity index is 449. The number of halogens is 1. The van der Waals surface area contributed by atoms with Crippen molar-refractivity contribution in [1.29, 1.82) is 0 Å². The molecule has 0 saturated carbocycles. The lowest BCUT2D eigenvalue weighted by Crippen LogP contribution is -2.47. The molecule has 1 N–H and O–H groups in total. The second-order valence-electron chi connectivity index (χ2n) is 5.79. The van der Waals surface area contributed by atoms with Crippen molar-refractivity contribution in [3.63, 3.8) is 0 Å². The predicted molar refractivity (Wildman–Crippen MR) is 87.1 cm³/mol. The van der Waals surface area contributed by atoms with Gasteiger partial charge in [-0.05, 0) is 48.7 Å². The van der Waals surface area contributed by atoms with Crippen molar-refractivity contribution < 1.29 is 9.53 Å². The maximum atomic E-state index is 12.4. The number of hydrogen-bond acceptors (Lipinski definition) is 4. The monoisotopic (exact) mass is 330 g/mol. The van der Waals surface area contributed by atoms with E-state index in [0.29, 0.717) is 25.6 Å². The van der Waals surface area contributed by atoms with Crippen LogP contribution in [0.25, 0.3) is 0 Å². The summed E-state index contributed by atoms with van der Waals surface area (Å²) in [4.78, 5) is 14.4. The molecule has 21 heavy (non-hydrogen) atoms. The summed E-state index contributed by atoms with van der Waals surface area (Å²) in [6, 6.07) is 2.47. The molecule has 1 amide bonds. The van der Waals surface area contributed by atoms with Crippen molar-refractivity contribution in [2.45, 2.75) is 44.4 Å². The van der Waals surface area contributed by atoms with Crippen molar-refractivity contribution in [3.05, 3.63) is 22.4 Å². The Labute approximate surface area is 136 Å². The van der Waals surface area contributed by atoms with Gasteiger partial charge in [-0.1, -0.05) is 0 Å². The third-order valence-electron chi connectivity index (χ3n) is 4.11. The summed E-state index contributed by atoms with van der Waals surface area (Å²) < 4.78 is 5.98. The van der Waals surface area contributed by atoms with E-state index in [1.54, 1.807) is 11.3 Å². The van der Waals surface area contributed by atoms with Gasteiger partial charge >= 0.3 is 0 Å². The van der Waals surface area contributed by atoms with Crippen molar-refractivity contribution >= 4 is 29.7 Å². The topological polar surface area (TPSA) is 41.6 Å². The average molecular weight is 331 g/mol. The van der Waals surface area contributed by atoms with Crippen molar-refractivity contribution in [2.24, 2.45) is 0 Å². The zero-order valence-corrected chi connectivity index (χ0v) is 13.9. The molecular weight excluding hydrogens is 308 g/mol. The highest BCUT2D eigenvalue weighted by atomic mass is 35.5. The van der Waals surface area contributed by atoms with Crippen molar-refractivity contribution in [3.8, 4) is 0 Å². The third kappa shape index (κ3) is 4.19. The van der Waals surface area contributed by atoms with Crippen LogP contribution in [0.15, 0.2) is 16.8 Å². The molecule has 0 radical (unpaired) electrons. The number of hydrogen-bond donors (Lipinski definition) is 1. The molecule has 3 rings (SSSR count). The fraction of sp³-hybridized carbons (Fsp3) is 0.667. The first-order valence-corrected chi connectivity index (χ1v) is 8.35. The van der Waals surface area contributed by atoms with Crippen LogP contribution in [0.3, 0.4) is 0 Å². The lowest BCUT2D eigenvalue weighted by molar-refractivity contribution is -0.145. The maximum Gasteiger partial charge on any atom is 0.224 e. The molecule has 0 spiro atoms. The quantitative estimate of drug-likeness (QED) is 0.926. The summed E-state index contributed by atoms with van der Waals surface area (Å²) in [6.07, 6.45) is 3.08. The minimum Gasteiger partial charge on any atom is -0.367 e. The summed E-state index contributed by atoms with van der Waals surface area (Å²) in [5.41, 5.74) is 1.19. The summed E-state index contributed by atoms with van der Waals surface area (Å²) in [7, 11) is 0. The van der Waals surface area contributed by atoms with Gasteiger partial charge in [0, 0.05) is 19.0 Å². The first-order valence-electron chi connectivity index (χ1n) is 7.41. The normalized spacial score (nSPS) is 29.2. The number of rotatable bonds is 3. The van der Waals surface area contributed by atoms with Crippen LogP contribution in [-0.2, 0) is 9.53 Å². The van der Waals surface area contributed by atoms with E-state index in [1.807, 2.05) is 11.8 Å². The van der Waals surface area contributed by atoms with Gasteiger partial charge in [-0.15, -0.1) is 12.4 Å². The fourth-order valence-electron chi connectivity index (χ4n) is 3.07. The molecule has 0 aliphatic carbocycles. The first kappa shape index (κ1) is 16.7. The summed E-state index contributed by atoms with van der Waals surface area (Å²) in [6.45, 7) is 4.50. The van der Waals surface area contributed by atoms with E-state index in [9.17, 15) is 4.79 Å². The Morgan fingerprint density at radius 3 is 3.05 bits per heavy atom. The number of thiophene rings is 1. The van der Waals surface area contributed by atoms with Crippen molar-refractivity contribution in [1.82, 2.24) is 10.2 Å². The second-order valence-corrected chi connectivity index (χ2v) is 6.57. The van der Waals surface area contributed by atoms with Gasteiger partial charge in [-0.25, -0.2) is 0 Å². The number of carbonyl (C=O) groups excluding carboxylic acids is 1. The van der Waals surface area contributed by atoms with Crippen LogP contribution < -0.4 is 5.32 Å². The van der Waals surface area contributed by atoms with Crippen LogP contribution in [0.4, 0.5) is 0 Å². The molecule has 6 heteroatoms. The molecule has 0 aromatic carbocycles. The molecule has 3 atom stereocenters. The molecule has 2 saturated heterocycles. The molecule has 3 unspecified atom stereocenters. The van der Waals surface area contributed by atoms with Crippen LogP contribution in [0.2, 0.25) is 0 Å². The Balaban J connectivity index is 0.00000161. The Kier molecular flexibility index (Phi) is 6.05. The highest BCUT2D eigenvalue weighted by molar-refractivity contribution is 7.07. The van der Waals surface area contributed by atoms with Crippen LogP contribution in [0.1, 0.15) is 37.9 Å². The predicted octanol–water partition coefficient (Wildman–Crippen LogP) is 2.60. The van der Waals surface area contributed by atoms with Crippen LogP contribution in [-0.4, -0.2) is 42.6 Å². The van der Waals surface area contributed by atoms with E-state index in [1.165, 1.54) is 12.0 Å². The molecule has 118 valence electrons. The van der Waals surface area contributed by atoms with E-state index < -0.39 is 0 Å². The molecule has 1 aromatic heterocycles. The highest BCUT2D eigenvalue weighted by Gasteiger charge is 2.30. The lowest BCUT2D eigenvalue weighted by atomic mass is 10.1. The van der Waals surface area contributed by atoms with Gasteiger partial charge < -0.3 is 15.0 Å². The highest BCUT2D eigenvalue weighted by Crippen LogP contribution is 2.27. The number of morpholine rings is 1. The standard InChI is InChI=1S/C15H22N2O2S.ClH/c1-11-8-17(15(18)7-13-3-2-5-16-13)9-14(19-11)12-4-6-20-10-12;/h4,6,10-11,13-14,16H,2-3,5,7-9H2,1H3;1H. The zero-order chi connectivity index (χ0) is 13.9. The van der Waals surface area contributed by atoms with E-state index in [0.717, 1.165) is 13.0 Å². The first-order chi connectivity index (χ1) is 9.72. The van der Waals surface area contributed by atoms with Gasteiger partial charge in [0.25, 0.3) is 0 Å². The second kappa shape index (κ2) is 7.58. The SMILES string of the molecule is CC1CN(C(=O)CC2CCCN2)CC(c2ccsc2)O1.Cl. The van der Waals surface area contributed by atoms with Gasteiger partial charge in [-0.3, -0.25) is 4.79 Å². The molecule has 2 aliphatic rings. The Morgan fingerprint density at radius 2 is 2.38 bits per heavy atom. The summed E-state index contributed by atoms with van der Waals surface area (Å²) in [5, 5.41) is 7.58. The van der Waals surface area contributed by atoms with E-state index >= 15 is 0 Å². The lowest BCUT2D eigenvalue weighted by Gasteiger charge is -2.37. The van der Waals surface area contributed by atoms with Gasteiger partial charge in [0.05, 0.1) is 12.6 Å². The molecule has 2 fully saturated rings. The average Bonchev–Trinajstić information content (AvgIpc) is 3.11. The third-order valence-corrected chi connectivity index (χ3v) is 4.81. The maximum absolute atomic E-state index is 12.4. The number of carbonyl (C=O) groups is 1.